The monoisotopic (exact) mass is 228 g/mol. The first-order valence-corrected chi connectivity index (χ1v) is 6.95. The first-order chi connectivity index (χ1) is 7.54. The molecule has 0 aromatic heterocycles. The molecule has 1 atom stereocenters. The van der Waals surface area contributed by atoms with Gasteiger partial charge in [0.15, 0.2) is 0 Å². The maximum absolute atomic E-state index is 5.83. The number of nitrogens with zero attached hydrogens (tertiary/aromatic N) is 1. The molecule has 1 unspecified atom stereocenters. The van der Waals surface area contributed by atoms with Crippen molar-refractivity contribution in [2.24, 2.45) is 17.6 Å². The van der Waals surface area contributed by atoms with Crippen molar-refractivity contribution in [1.29, 1.82) is 0 Å². The quantitative estimate of drug-likeness (QED) is 0.657. The minimum absolute atomic E-state index is 0.705. The van der Waals surface area contributed by atoms with E-state index in [2.05, 4.69) is 39.6 Å². The van der Waals surface area contributed by atoms with Crippen LogP contribution in [0.2, 0.25) is 0 Å². The number of hydrogen-bond donors (Lipinski definition) is 1. The largest absolute Gasteiger partial charge is 0.330 e. The van der Waals surface area contributed by atoms with Crippen LogP contribution in [0.5, 0.6) is 0 Å². The topological polar surface area (TPSA) is 29.3 Å². The molecule has 16 heavy (non-hydrogen) atoms. The normalized spacial score (nSPS) is 14.1. The standard InChI is InChI=1S/C14H32N2/c1-6-14(7-2)16(5)9-8-13(11-15)10-12(3)4/h12-14H,6-11,15H2,1-5H3. The van der Waals surface area contributed by atoms with Crippen molar-refractivity contribution in [1.82, 2.24) is 4.90 Å². The summed E-state index contributed by atoms with van der Waals surface area (Å²) in [4.78, 5) is 2.50. The molecule has 2 heteroatoms. The van der Waals surface area contributed by atoms with E-state index in [9.17, 15) is 0 Å². The molecule has 0 rings (SSSR count). The van der Waals surface area contributed by atoms with Crippen LogP contribution >= 0.6 is 0 Å². The molecule has 0 heterocycles. The Morgan fingerprint density at radius 3 is 2.06 bits per heavy atom. The molecular formula is C14H32N2. The third-order valence-electron chi connectivity index (χ3n) is 3.59. The van der Waals surface area contributed by atoms with Gasteiger partial charge in [-0.3, -0.25) is 0 Å². The zero-order valence-electron chi connectivity index (χ0n) is 12.0. The predicted octanol–water partition coefficient (Wildman–Crippen LogP) is 3.12. The molecule has 0 amide bonds. The first kappa shape index (κ1) is 15.9. The minimum atomic E-state index is 0.705. The fourth-order valence-corrected chi connectivity index (χ4v) is 2.48. The fourth-order valence-electron chi connectivity index (χ4n) is 2.48. The molecule has 0 radical (unpaired) electrons. The molecule has 0 aromatic rings. The Labute approximate surface area is 103 Å². The van der Waals surface area contributed by atoms with Gasteiger partial charge in [0.2, 0.25) is 0 Å². The molecule has 0 saturated heterocycles. The molecule has 0 fully saturated rings. The summed E-state index contributed by atoms with van der Waals surface area (Å²) in [6.45, 7) is 11.2. The van der Waals surface area contributed by atoms with Crippen molar-refractivity contribution in [2.45, 2.75) is 59.4 Å². The number of rotatable bonds is 9. The lowest BCUT2D eigenvalue weighted by Crippen LogP contribution is -2.33. The van der Waals surface area contributed by atoms with Crippen molar-refractivity contribution in [3.8, 4) is 0 Å². The van der Waals surface area contributed by atoms with Crippen LogP contribution in [-0.4, -0.2) is 31.1 Å². The molecule has 0 bridgehead atoms. The van der Waals surface area contributed by atoms with Gasteiger partial charge in [0.25, 0.3) is 0 Å². The van der Waals surface area contributed by atoms with Gasteiger partial charge in [-0.25, -0.2) is 0 Å². The Hall–Kier alpha value is -0.0800. The summed E-state index contributed by atoms with van der Waals surface area (Å²) in [5, 5.41) is 0. The highest BCUT2D eigenvalue weighted by Gasteiger charge is 2.14. The third kappa shape index (κ3) is 6.49. The molecule has 0 saturated carbocycles. The zero-order valence-corrected chi connectivity index (χ0v) is 12.0. The molecule has 98 valence electrons. The van der Waals surface area contributed by atoms with Gasteiger partial charge in [-0.1, -0.05) is 27.7 Å². The first-order valence-electron chi connectivity index (χ1n) is 6.95. The Bertz CT molecular complexity index is 151. The lowest BCUT2D eigenvalue weighted by molar-refractivity contribution is 0.208. The average Bonchev–Trinajstić information content (AvgIpc) is 2.25. The second kappa shape index (κ2) is 9.00. The maximum atomic E-state index is 5.83. The van der Waals surface area contributed by atoms with E-state index in [4.69, 9.17) is 5.73 Å². The van der Waals surface area contributed by atoms with E-state index in [1.54, 1.807) is 0 Å². The highest BCUT2D eigenvalue weighted by atomic mass is 15.1. The second-order valence-electron chi connectivity index (χ2n) is 5.47. The van der Waals surface area contributed by atoms with E-state index in [1.807, 2.05) is 0 Å². The van der Waals surface area contributed by atoms with E-state index >= 15 is 0 Å². The van der Waals surface area contributed by atoms with Gasteiger partial charge < -0.3 is 10.6 Å². The molecular weight excluding hydrogens is 196 g/mol. The van der Waals surface area contributed by atoms with E-state index in [0.29, 0.717) is 5.92 Å². The van der Waals surface area contributed by atoms with Crippen LogP contribution < -0.4 is 5.73 Å². The Morgan fingerprint density at radius 2 is 1.69 bits per heavy atom. The summed E-state index contributed by atoms with van der Waals surface area (Å²) in [5.74, 6) is 1.48. The Morgan fingerprint density at radius 1 is 1.12 bits per heavy atom. The lowest BCUT2D eigenvalue weighted by atomic mass is 9.94. The average molecular weight is 228 g/mol. The summed E-state index contributed by atoms with van der Waals surface area (Å²) in [6.07, 6.45) is 5.03. The summed E-state index contributed by atoms with van der Waals surface area (Å²) in [6, 6.07) is 0.748. The third-order valence-corrected chi connectivity index (χ3v) is 3.59. The lowest BCUT2D eigenvalue weighted by Gasteiger charge is -2.28. The van der Waals surface area contributed by atoms with Crippen LogP contribution in [-0.2, 0) is 0 Å². The Kier molecular flexibility index (Phi) is 8.96. The van der Waals surface area contributed by atoms with Crippen LogP contribution in [0.25, 0.3) is 0 Å². The Balaban J connectivity index is 3.90. The molecule has 0 aliphatic heterocycles. The summed E-state index contributed by atoms with van der Waals surface area (Å²) in [5.41, 5.74) is 5.83. The number of nitrogens with two attached hydrogens (primary N) is 1. The predicted molar refractivity (Wildman–Crippen MR) is 73.6 cm³/mol. The van der Waals surface area contributed by atoms with Crippen molar-refractivity contribution in [3.63, 3.8) is 0 Å². The smallest absolute Gasteiger partial charge is 0.00869 e. The maximum Gasteiger partial charge on any atom is 0.00869 e. The van der Waals surface area contributed by atoms with Crippen molar-refractivity contribution in [3.05, 3.63) is 0 Å². The van der Waals surface area contributed by atoms with Crippen LogP contribution in [0, 0.1) is 11.8 Å². The molecule has 0 aliphatic rings. The van der Waals surface area contributed by atoms with E-state index in [-0.39, 0.29) is 0 Å². The van der Waals surface area contributed by atoms with E-state index < -0.39 is 0 Å². The van der Waals surface area contributed by atoms with Crippen LogP contribution in [0.4, 0.5) is 0 Å². The van der Waals surface area contributed by atoms with Crippen LogP contribution in [0.1, 0.15) is 53.4 Å². The molecule has 2 N–H and O–H groups in total. The summed E-state index contributed by atoms with van der Waals surface area (Å²) in [7, 11) is 2.25. The second-order valence-corrected chi connectivity index (χ2v) is 5.47. The molecule has 2 nitrogen and oxygen atoms in total. The van der Waals surface area contributed by atoms with E-state index in [0.717, 1.165) is 18.5 Å². The van der Waals surface area contributed by atoms with Crippen molar-refractivity contribution < 1.29 is 0 Å². The molecule has 0 spiro atoms. The van der Waals surface area contributed by atoms with Gasteiger partial charge >= 0.3 is 0 Å². The minimum Gasteiger partial charge on any atom is -0.330 e. The van der Waals surface area contributed by atoms with Gasteiger partial charge in [0.05, 0.1) is 0 Å². The molecule has 0 aliphatic carbocycles. The van der Waals surface area contributed by atoms with Crippen molar-refractivity contribution >= 4 is 0 Å². The summed E-state index contributed by atoms with van der Waals surface area (Å²) >= 11 is 0. The highest BCUT2D eigenvalue weighted by Crippen LogP contribution is 2.16. The zero-order chi connectivity index (χ0) is 12.6. The van der Waals surface area contributed by atoms with Crippen LogP contribution in [0.3, 0.4) is 0 Å². The van der Waals surface area contributed by atoms with Crippen LogP contribution in [0.15, 0.2) is 0 Å². The highest BCUT2D eigenvalue weighted by molar-refractivity contribution is 4.69. The van der Waals surface area contributed by atoms with Gasteiger partial charge in [0, 0.05) is 6.04 Å². The van der Waals surface area contributed by atoms with Crippen molar-refractivity contribution in [2.75, 3.05) is 20.1 Å². The fraction of sp³-hybridized carbons (Fsp3) is 1.00. The number of hydrogen-bond acceptors (Lipinski definition) is 2. The van der Waals surface area contributed by atoms with E-state index in [1.165, 1.54) is 32.2 Å². The van der Waals surface area contributed by atoms with Gasteiger partial charge in [0.1, 0.15) is 0 Å². The molecule has 0 aromatic carbocycles. The summed E-state index contributed by atoms with van der Waals surface area (Å²) < 4.78 is 0. The van der Waals surface area contributed by atoms with Gasteiger partial charge in [-0.2, -0.15) is 0 Å². The van der Waals surface area contributed by atoms with Gasteiger partial charge in [-0.05, 0) is 57.7 Å². The van der Waals surface area contributed by atoms with Gasteiger partial charge in [-0.15, -0.1) is 0 Å². The SMILES string of the molecule is CCC(CC)N(C)CCC(CN)CC(C)C.